The van der Waals surface area contributed by atoms with Gasteiger partial charge in [0.25, 0.3) is 0 Å². The average molecular weight is 246 g/mol. The Kier molecular flexibility index (Phi) is 4.44. The Labute approximate surface area is 94.1 Å². The molecule has 0 radical (unpaired) electrons. The van der Waals surface area contributed by atoms with Gasteiger partial charge in [0.15, 0.2) is 0 Å². The number of hydrogen-bond donors (Lipinski definition) is 2. The summed E-state index contributed by atoms with van der Waals surface area (Å²) >= 11 is 0. The zero-order valence-electron chi connectivity index (χ0n) is 8.88. The van der Waals surface area contributed by atoms with E-state index in [1.54, 1.807) is 6.07 Å². The lowest BCUT2D eigenvalue weighted by atomic mass is 10.5. The van der Waals surface area contributed by atoms with Crippen LogP contribution in [0.15, 0.2) is 12.4 Å². The summed E-state index contributed by atoms with van der Waals surface area (Å²) in [7, 11) is -3.45. The fourth-order valence-corrected chi connectivity index (χ4v) is 1.37. The topological polar surface area (TPSA) is 107 Å². The summed E-state index contributed by atoms with van der Waals surface area (Å²) in [4.78, 5) is 7.77. The van der Waals surface area contributed by atoms with Gasteiger partial charge in [0.2, 0.25) is 15.9 Å². The Bertz CT molecular complexity index is 435. The first-order valence-corrected chi connectivity index (χ1v) is 6.42. The fraction of sp³-hybridized carbons (Fsp3) is 0.500. The molecule has 0 aromatic carbocycles. The molecule has 16 heavy (non-hydrogen) atoms. The minimum Gasteiger partial charge on any atom is -0.478 e. The van der Waals surface area contributed by atoms with Crippen molar-refractivity contribution in [2.45, 2.75) is 6.92 Å². The van der Waals surface area contributed by atoms with Gasteiger partial charge in [-0.05, 0) is 6.92 Å². The number of nitrogens with one attached hydrogen (secondary N) is 1. The van der Waals surface area contributed by atoms with Crippen LogP contribution in [0.2, 0.25) is 0 Å². The van der Waals surface area contributed by atoms with Crippen molar-refractivity contribution in [3.8, 4) is 5.88 Å². The molecule has 0 atom stereocenters. The summed E-state index contributed by atoms with van der Waals surface area (Å²) in [5, 5.41) is 7.66. The molecule has 0 unspecified atom stereocenters. The second-order valence-electron chi connectivity index (χ2n) is 2.97. The highest BCUT2D eigenvalue weighted by Crippen LogP contribution is 2.10. The largest absolute Gasteiger partial charge is 0.478 e. The number of sulfonamides is 1. The molecule has 1 heterocycles. The lowest BCUT2D eigenvalue weighted by Crippen LogP contribution is -2.22. The predicted molar refractivity (Wildman–Crippen MR) is 59.7 cm³/mol. The maximum absolute atomic E-state index is 10.7. The van der Waals surface area contributed by atoms with Gasteiger partial charge in [0.05, 0.1) is 12.4 Å². The van der Waals surface area contributed by atoms with Crippen LogP contribution in [0.4, 0.5) is 5.82 Å². The van der Waals surface area contributed by atoms with Gasteiger partial charge in [-0.1, -0.05) is 0 Å². The Hall–Kier alpha value is -1.41. The molecule has 0 aliphatic carbocycles. The second-order valence-corrected chi connectivity index (χ2v) is 4.70. The van der Waals surface area contributed by atoms with Crippen LogP contribution in [0.1, 0.15) is 6.92 Å². The first kappa shape index (κ1) is 12.7. The molecule has 0 saturated carbocycles. The lowest BCUT2D eigenvalue weighted by Gasteiger charge is -2.06. The molecule has 1 aromatic heterocycles. The van der Waals surface area contributed by atoms with Gasteiger partial charge >= 0.3 is 0 Å². The average Bonchev–Trinajstić information content (AvgIpc) is 2.17. The van der Waals surface area contributed by atoms with Crippen LogP contribution >= 0.6 is 0 Å². The van der Waals surface area contributed by atoms with Crippen LogP contribution < -0.4 is 15.2 Å². The highest BCUT2D eigenvalue weighted by Gasteiger charge is 2.03. The van der Waals surface area contributed by atoms with Crippen molar-refractivity contribution in [2.75, 3.05) is 24.2 Å². The SMILES string of the molecule is CCOc1cc(NCCS(N)(=O)=O)ncn1. The molecule has 3 N–H and O–H groups in total. The summed E-state index contributed by atoms with van der Waals surface area (Å²) in [6, 6.07) is 1.59. The zero-order chi connectivity index (χ0) is 12.0. The number of hydrogen-bond acceptors (Lipinski definition) is 6. The molecular weight excluding hydrogens is 232 g/mol. The minimum absolute atomic E-state index is 0.152. The minimum atomic E-state index is -3.45. The zero-order valence-corrected chi connectivity index (χ0v) is 9.70. The van der Waals surface area contributed by atoms with Gasteiger partial charge < -0.3 is 10.1 Å². The number of primary sulfonamides is 1. The molecule has 0 spiro atoms. The van der Waals surface area contributed by atoms with Gasteiger partial charge in [-0.15, -0.1) is 0 Å². The summed E-state index contributed by atoms with van der Waals surface area (Å²) in [5.41, 5.74) is 0. The number of anilines is 1. The van der Waals surface area contributed by atoms with E-state index < -0.39 is 10.0 Å². The molecule has 1 aromatic rings. The summed E-state index contributed by atoms with van der Waals surface area (Å²) in [6.45, 7) is 2.55. The van der Waals surface area contributed by atoms with E-state index in [1.165, 1.54) is 6.33 Å². The van der Waals surface area contributed by atoms with Crippen LogP contribution in [0, 0.1) is 0 Å². The van der Waals surface area contributed by atoms with Crippen molar-refractivity contribution in [3.63, 3.8) is 0 Å². The summed E-state index contributed by atoms with van der Waals surface area (Å²) in [6.07, 6.45) is 1.34. The standard InChI is InChI=1S/C8H14N4O3S/c1-2-15-8-5-7(11-6-12-8)10-3-4-16(9,13)14/h5-6H,2-4H2,1H3,(H2,9,13,14)(H,10,11,12). The molecule has 8 heteroatoms. The molecule has 0 aliphatic heterocycles. The summed E-state index contributed by atoms with van der Waals surface area (Å²) < 4.78 is 26.5. The Balaban J connectivity index is 2.51. The van der Waals surface area contributed by atoms with E-state index in [2.05, 4.69) is 15.3 Å². The number of nitrogens with two attached hydrogens (primary N) is 1. The highest BCUT2D eigenvalue weighted by atomic mass is 32.2. The number of aromatic nitrogens is 2. The Morgan fingerprint density at radius 1 is 1.50 bits per heavy atom. The Morgan fingerprint density at radius 3 is 2.88 bits per heavy atom. The third-order valence-corrected chi connectivity index (χ3v) is 2.40. The van der Waals surface area contributed by atoms with E-state index in [0.29, 0.717) is 18.3 Å². The third-order valence-electron chi connectivity index (χ3n) is 1.63. The van der Waals surface area contributed by atoms with E-state index >= 15 is 0 Å². The monoisotopic (exact) mass is 246 g/mol. The van der Waals surface area contributed by atoms with E-state index in [4.69, 9.17) is 9.88 Å². The van der Waals surface area contributed by atoms with Crippen LogP contribution in [0.25, 0.3) is 0 Å². The first-order valence-electron chi connectivity index (χ1n) is 4.70. The highest BCUT2D eigenvalue weighted by molar-refractivity contribution is 7.89. The molecule has 0 amide bonds. The quantitative estimate of drug-likeness (QED) is 0.705. The van der Waals surface area contributed by atoms with Gasteiger partial charge in [0, 0.05) is 12.6 Å². The maximum atomic E-state index is 10.7. The molecule has 0 saturated heterocycles. The number of ether oxygens (including phenoxy) is 1. The number of nitrogens with zero attached hydrogens (tertiary/aromatic N) is 2. The predicted octanol–water partition coefficient (Wildman–Crippen LogP) is -0.424. The van der Waals surface area contributed by atoms with Gasteiger partial charge in [-0.3, -0.25) is 0 Å². The van der Waals surface area contributed by atoms with Crippen molar-refractivity contribution in [2.24, 2.45) is 5.14 Å². The van der Waals surface area contributed by atoms with Crippen molar-refractivity contribution < 1.29 is 13.2 Å². The van der Waals surface area contributed by atoms with Crippen LogP contribution in [0.3, 0.4) is 0 Å². The number of rotatable bonds is 6. The molecular formula is C8H14N4O3S. The smallest absolute Gasteiger partial charge is 0.218 e. The van der Waals surface area contributed by atoms with Crippen LogP contribution in [0.5, 0.6) is 5.88 Å². The van der Waals surface area contributed by atoms with Gasteiger partial charge in [0.1, 0.15) is 12.1 Å². The van der Waals surface area contributed by atoms with E-state index in [9.17, 15) is 8.42 Å². The van der Waals surface area contributed by atoms with Crippen LogP contribution in [-0.4, -0.2) is 37.3 Å². The second kappa shape index (κ2) is 5.61. The van der Waals surface area contributed by atoms with Gasteiger partial charge in [-0.25, -0.2) is 23.5 Å². The van der Waals surface area contributed by atoms with Crippen molar-refractivity contribution >= 4 is 15.8 Å². The van der Waals surface area contributed by atoms with Crippen LogP contribution in [-0.2, 0) is 10.0 Å². The van der Waals surface area contributed by atoms with Crippen molar-refractivity contribution in [3.05, 3.63) is 12.4 Å². The molecule has 1 rings (SSSR count). The van der Waals surface area contributed by atoms with Crippen molar-refractivity contribution in [1.29, 1.82) is 0 Å². The Morgan fingerprint density at radius 2 is 2.25 bits per heavy atom. The normalized spacial score (nSPS) is 11.1. The maximum Gasteiger partial charge on any atom is 0.218 e. The first-order chi connectivity index (χ1) is 7.51. The van der Waals surface area contributed by atoms with E-state index in [1.807, 2.05) is 6.92 Å². The van der Waals surface area contributed by atoms with E-state index in [0.717, 1.165) is 0 Å². The molecule has 0 bridgehead atoms. The molecule has 0 aliphatic rings. The van der Waals surface area contributed by atoms with Crippen molar-refractivity contribution in [1.82, 2.24) is 9.97 Å². The van der Waals surface area contributed by atoms with E-state index in [-0.39, 0.29) is 12.3 Å². The molecule has 90 valence electrons. The lowest BCUT2D eigenvalue weighted by molar-refractivity contribution is 0.326. The summed E-state index contributed by atoms with van der Waals surface area (Å²) in [5.74, 6) is 0.791. The fourth-order valence-electron chi connectivity index (χ4n) is 0.984. The molecule has 7 nitrogen and oxygen atoms in total. The molecule has 0 fully saturated rings. The third kappa shape index (κ3) is 4.89. The van der Waals surface area contributed by atoms with Gasteiger partial charge in [-0.2, -0.15) is 0 Å².